The van der Waals surface area contributed by atoms with E-state index in [0.29, 0.717) is 6.42 Å². The quantitative estimate of drug-likeness (QED) is 0.301. The van der Waals surface area contributed by atoms with Crippen LogP contribution in [0.1, 0.15) is 44.7 Å². The number of nitrogens with one attached hydrogen (secondary N) is 2. The molecule has 0 spiro atoms. The van der Waals surface area contributed by atoms with Crippen molar-refractivity contribution in [2.75, 3.05) is 54.5 Å². The Hall–Kier alpha value is -3.89. The number of alkyl halides is 6. The number of carbonyl (C=O) groups excluding carboxylic acids is 2. The van der Waals surface area contributed by atoms with Crippen LogP contribution in [-0.4, -0.2) is 83.4 Å². The van der Waals surface area contributed by atoms with Crippen LogP contribution in [0.4, 0.5) is 43.5 Å². The lowest BCUT2D eigenvalue weighted by Gasteiger charge is -2.47. The van der Waals surface area contributed by atoms with Gasteiger partial charge in [-0.2, -0.15) is 31.4 Å². The second kappa shape index (κ2) is 13.0. The lowest BCUT2D eigenvalue weighted by Crippen LogP contribution is -2.64. The van der Waals surface area contributed by atoms with Crippen molar-refractivity contribution in [3.05, 3.63) is 39.9 Å². The maximum Gasteiger partial charge on any atom is 0.423 e. The molecule has 2 aliphatic heterocycles. The molecule has 0 aliphatic carbocycles. The Kier molecular flexibility index (Phi) is 9.75. The van der Waals surface area contributed by atoms with Gasteiger partial charge < -0.3 is 24.8 Å². The number of hydrogen-bond donors (Lipinski definition) is 2. The molecule has 0 bridgehead atoms. The highest BCUT2D eigenvalue weighted by Gasteiger charge is 2.45. The number of pyridine rings is 1. The molecule has 44 heavy (non-hydrogen) atoms. The van der Waals surface area contributed by atoms with E-state index in [1.807, 2.05) is 13.8 Å². The van der Waals surface area contributed by atoms with Gasteiger partial charge in [-0.3, -0.25) is 14.4 Å². The molecule has 11 nitrogen and oxygen atoms in total. The van der Waals surface area contributed by atoms with Crippen LogP contribution < -0.4 is 20.7 Å². The van der Waals surface area contributed by atoms with E-state index in [1.165, 1.54) is 16.7 Å². The third-order valence-corrected chi connectivity index (χ3v) is 7.58. The summed E-state index contributed by atoms with van der Waals surface area (Å²) in [7, 11) is 0. The van der Waals surface area contributed by atoms with E-state index in [2.05, 4.69) is 15.4 Å². The normalized spacial score (nSPS) is 18.5. The maximum atomic E-state index is 13.6. The summed E-state index contributed by atoms with van der Waals surface area (Å²) in [6.07, 6.45) is -7.31. The van der Waals surface area contributed by atoms with Gasteiger partial charge in [-0.25, -0.2) is 10.1 Å². The van der Waals surface area contributed by atoms with Gasteiger partial charge in [-0.15, -0.1) is 0 Å². The fourth-order valence-electron chi connectivity index (χ4n) is 5.10. The van der Waals surface area contributed by atoms with Gasteiger partial charge in [0.25, 0.3) is 11.5 Å². The van der Waals surface area contributed by atoms with Gasteiger partial charge >= 0.3 is 12.4 Å². The molecule has 242 valence electrons. The number of hydrogen-bond acceptors (Lipinski definition) is 8. The number of fused-ring (bicyclic) bond motifs is 3. The predicted molar refractivity (Wildman–Crippen MR) is 147 cm³/mol. The molecule has 1 saturated heterocycles. The summed E-state index contributed by atoms with van der Waals surface area (Å²) in [5.41, 5.74) is -4.16. The number of nitrogens with zero attached hydrogens (tertiary/aromatic N) is 5. The Labute approximate surface area is 248 Å². The standard InChI is InChI=1S/C27H33F6N7O4/c1-4-15(2)12-40-19-9-17(26(28,29)30)10-34-23(19)39-7-6-38(13-20(39)25(40)43)21(41)5-8-44-14-16(3)36-18-11-35-37-24(42)22(18)27(31,32)33/h9-11,15-16,20H,4-8,12-14H2,1-3H3,(H2,36,37,42)/t15?,16-,20+/m0/s1. The predicted octanol–water partition coefficient (Wildman–Crippen LogP) is 3.52. The smallest absolute Gasteiger partial charge is 0.379 e. The number of anilines is 3. The number of aromatic amines is 1. The summed E-state index contributed by atoms with van der Waals surface area (Å²) >= 11 is 0. The Bertz CT molecular complexity index is 1420. The summed E-state index contributed by atoms with van der Waals surface area (Å²) in [6.45, 7) is 5.77. The van der Waals surface area contributed by atoms with E-state index in [-0.39, 0.29) is 69.1 Å². The zero-order chi connectivity index (χ0) is 32.4. The molecular formula is C27H33F6N7O4. The lowest BCUT2D eigenvalue weighted by molar-refractivity contribution is -0.138. The van der Waals surface area contributed by atoms with Crippen molar-refractivity contribution in [2.45, 2.75) is 58.0 Å². The Morgan fingerprint density at radius 3 is 2.52 bits per heavy atom. The number of rotatable bonds is 10. The van der Waals surface area contributed by atoms with Gasteiger partial charge in [0, 0.05) is 31.9 Å². The first-order valence-electron chi connectivity index (χ1n) is 14.0. The zero-order valence-corrected chi connectivity index (χ0v) is 24.3. The molecule has 0 aromatic carbocycles. The van der Waals surface area contributed by atoms with Crippen LogP contribution in [0.2, 0.25) is 0 Å². The van der Waals surface area contributed by atoms with Crippen LogP contribution in [0.15, 0.2) is 23.3 Å². The number of amides is 2. The van der Waals surface area contributed by atoms with E-state index >= 15 is 0 Å². The Balaban J connectivity index is 1.37. The average molecular weight is 634 g/mol. The molecule has 4 heterocycles. The highest BCUT2D eigenvalue weighted by molar-refractivity contribution is 6.05. The first kappa shape index (κ1) is 33.0. The molecule has 0 radical (unpaired) electrons. The van der Waals surface area contributed by atoms with Crippen molar-refractivity contribution in [1.82, 2.24) is 20.1 Å². The van der Waals surface area contributed by atoms with Gasteiger partial charge in [0.15, 0.2) is 5.82 Å². The van der Waals surface area contributed by atoms with Crippen molar-refractivity contribution < 1.29 is 40.7 Å². The number of halogens is 6. The van der Waals surface area contributed by atoms with Crippen LogP contribution in [0.3, 0.4) is 0 Å². The van der Waals surface area contributed by atoms with Gasteiger partial charge in [-0.05, 0) is 18.9 Å². The highest BCUT2D eigenvalue weighted by Crippen LogP contribution is 2.40. The number of H-pyrrole nitrogens is 1. The summed E-state index contributed by atoms with van der Waals surface area (Å²) in [6, 6.07) is -0.552. The van der Waals surface area contributed by atoms with Crippen molar-refractivity contribution >= 4 is 29.0 Å². The molecule has 2 aromatic heterocycles. The fourth-order valence-corrected chi connectivity index (χ4v) is 5.10. The molecule has 17 heteroatoms. The minimum absolute atomic E-state index is 0.00198. The van der Waals surface area contributed by atoms with Crippen molar-refractivity contribution in [2.24, 2.45) is 5.92 Å². The largest absolute Gasteiger partial charge is 0.423 e. The molecule has 1 unspecified atom stereocenters. The molecular weight excluding hydrogens is 600 g/mol. The molecule has 4 rings (SSSR count). The van der Waals surface area contributed by atoms with E-state index in [4.69, 9.17) is 4.74 Å². The van der Waals surface area contributed by atoms with Crippen molar-refractivity contribution in [1.29, 1.82) is 0 Å². The van der Waals surface area contributed by atoms with Crippen LogP contribution in [0.5, 0.6) is 0 Å². The van der Waals surface area contributed by atoms with Crippen molar-refractivity contribution in [3.63, 3.8) is 0 Å². The molecule has 2 aliphatic rings. The van der Waals surface area contributed by atoms with Crippen LogP contribution in [0.25, 0.3) is 0 Å². The summed E-state index contributed by atoms with van der Waals surface area (Å²) in [5.74, 6) is -0.481. The van der Waals surface area contributed by atoms with E-state index in [0.717, 1.165) is 18.5 Å². The van der Waals surface area contributed by atoms with Crippen molar-refractivity contribution in [3.8, 4) is 0 Å². The number of aromatic nitrogens is 3. The Morgan fingerprint density at radius 2 is 1.86 bits per heavy atom. The second-order valence-corrected chi connectivity index (χ2v) is 10.9. The molecule has 2 N–H and O–H groups in total. The third-order valence-electron chi connectivity index (χ3n) is 7.58. The zero-order valence-electron chi connectivity index (χ0n) is 24.3. The number of piperazine rings is 1. The van der Waals surface area contributed by atoms with Gasteiger partial charge in [-0.1, -0.05) is 20.3 Å². The highest BCUT2D eigenvalue weighted by atomic mass is 19.4. The van der Waals surface area contributed by atoms with Gasteiger partial charge in [0.05, 0.1) is 49.3 Å². The summed E-state index contributed by atoms with van der Waals surface area (Å²) < 4.78 is 85.6. The molecule has 3 atom stereocenters. The molecule has 2 amide bonds. The molecule has 1 fully saturated rings. The number of ether oxygens (including phenoxy) is 1. The lowest BCUT2D eigenvalue weighted by atomic mass is 10.0. The average Bonchev–Trinajstić information content (AvgIpc) is 2.95. The molecule has 2 aromatic rings. The maximum absolute atomic E-state index is 13.6. The second-order valence-electron chi connectivity index (χ2n) is 10.9. The monoisotopic (exact) mass is 633 g/mol. The van der Waals surface area contributed by atoms with E-state index in [9.17, 15) is 40.7 Å². The Morgan fingerprint density at radius 1 is 1.14 bits per heavy atom. The third kappa shape index (κ3) is 7.25. The molecule has 0 saturated carbocycles. The minimum Gasteiger partial charge on any atom is -0.379 e. The first-order chi connectivity index (χ1) is 20.6. The van der Waals surface area contributed by atoms with Gasteiger partial charge in [0.1, 0.15) is 11.6 Å². The number of carbonyl (C=O) groups is 2. The first-order valence-corrected chi connectivity index (χ1v) is 14.0. The topological polar surface area (TPSA) is 124 Å². The SMILES string of the molecule is CCC(C)CN1C(=O)[C@H]2CN(C(=O)CCOC[C@H](C)Nc3cn[nH]c(=O)c3C(F)(F)F)CCN2c2ncc(C(F)(F)F)cc21. The minimum atomic E-state index is -4.90. The van der Waals surface area contributed by atoms with Crippen LogP contribution in [-0.2, 0) is 26.7 Å². The van der Waals surface area contributed by atoms with Gasteiger partial charge in [0.2, 0.25) is 5.91 Å². The van der Waals surface area contributed by atoms with Crippen LogP contribution >= 0.6 is 0 Å². The van der Waals surface area contributed by atoms with Crippen LogP contribution in [0, 0.1) is 5.92 Å². The summed E-state index contributed by atoms with van der Waals surface area (Å²) in [4.78, 5) is 46.8. The fraction of sp³-hybridized carbons (Fsp3) is 0.593. The van der Waals surface area contributed by atoms with E-state index in [1.54, 1.807) is 10.00 Å². The summed E-state index contributed by atoms with van der Waals surface area (Å²) in [5, 5.41) is 7.70. The van der Waals surface area contributed by atoms with E-state index < -0.39 is 52.7 Å².